The van der Waals surface area contributed by atoms with E-state index in [1.807, 2.05) is 30.3 Å². The van der Waals surface area contributed by atoms with E-state index in [4.69, 9.17) is 21.1 Å². The van der Waals surface area contributed by atoms with Crippen LogP contribution in [0, 0.1) is 0 Å². The molecule has 2 aromatic carbocycles. The van der Waals surface area contributed by atoms with E-state index in [9.17, 15) is 14.4 Å². The number of methoxy groups -OCH3 is 1. The van der Waals surface area contributed by atoms with Crippen LogP contribution in [0.15, 0.2) is 54.6 Å². The van der Waals surface area contributed by atoms with Gasteiger partial charge in [0, 0.05) is 11.4 Å². The van der Waals surface area contributed by atoms with Gasteiger partial charge in [0.2, 0.25) is 5.91 Å². The summed E-state index contributed by atoms with van der Waals surface area (Å²) in [5.41, 5.74) is 1.63. The van der Waals surface area contributed by atoms with E-state index in [0.29, 0.717) is 5.02 Å². The quantitative estimate of drug-likeness (QED) is 0.643. The molecule has 2 unspecified atom stereocenters. The Morgan fingerprint density at radius 2 is 1.62 bits per heavy atom. The van der Waals surface area contributed by atoms with Gasteiger partial charge >= 0.3 is 12.1 Å². The Morgan fingerprint density at radius 1 is 0.966 bits per heavy atom. The van der Waals surface area contributed by atoms with E-state index in [1.165, 1.54) is 14.0 Å². The van der Waals surface area contributed by atoms with Gasteiger partial charge in [-0.25, -0.2) is 9.59 Å². The molecule has 154 valence electrons. The molecule has 2 rings (SSSR count). The number of esters is 1. The van der Waals surface area contributed by atoms with Crippen LogP contribution in [0.5, 0.6) is 0 Å². The Kier molecular flexibility index (Phi) is 8.48. The predicted molar refractivity (Wildman–Crippen MR) is 108 cm³/mol. The summed E-state index contributed by atoms with van der Waals surface area (Å²) in [6.45, 7) is 1.58. The summed E-state index contributed by atoms with van der Waals surface area (Å²) in [7, 11) is 1.24. The van der Waals surface area contributed by atoms with Gasteiger partial charge in [0.15, 0.2) is 0 Å². The summed E-state index contributed by atoms with van der Waals surface area (Å²) in [6.07, 6.45) is -0.510. The summed E-state index contributed by atoms with van der Waals surface area (Å²) < 4.78 is 9.86. The van der Waals surface area contributed by atoms with Crippen molar-refractivity contribution in [1.29, 1.82) is 0 Å². The summed E-state index contributed by atoms with van der Waals surface area (Å²) >= 11 is 5.86. The van der Waals surface area contributed by atoms with Gasteiger partial charge in [0.25, 0.3) is 0 Å². The van der Waals surface area contributed by atoms with E-state index >= 15 is 0 Å². The molecule has 0 bridgehead atoms. The third-order valence-electron chi connectivity index (χ3n) is 4.10. The van der Waals surface area contributed by atoms with Crippen LogP contribution in [-0.2, 0) is 32.1 Å². The lowest BCUT2D eigenvalue weighted by Crippen LogP contribution is -2.51. The molecule has 0 saturated carbocycles. The predicted octanol–water partition coefficient (Wildman–Crippen LogP) is 2.86. The zero-order valence-corrected chi connectivity index (χ0v) is 16.9. The maximum absolute atomic E-state index is 12.4. The third kappa shape index (κ3) is 7.46. The second-order valence-corrected chi connectivity index (χ2v) is 6.78. The molecular weight excluding hydrogens is 396 g/mol. The van der Waals surface area contributed by atoms with Crippen LogP contribution in [-0.4, -0.2) is 37.2 Å². The van der Waals surface area contributed by atoms with Gasteiger partial charge in [0.1, 0.15) is 18.7 Å². The number of ether oxygens (including phenoxy) is 2. The molecule has 0 aromatic heterocycles. The lowest BCUT2D eigenvalue weighted by atomic mass is 10.1. The van der Waals surface area contributed by atoms with Crippen LogP contribution in [0.3, 0.4) is 0 Å². The number of carbonyl (C=O) groups is 3. The normalized spacial score (nSPS) is 12.4. The Labute approximate surface area is 174 Å². The second-order valence-electron chi connectivity index (χ2n) is 6.34. The number of hydrogen-bond donors (Lipinski definition) is 2. The van der Waals surface area contributed by atoms with Crippen LogP contribution < -0.4 is 10.6 Å². The molecule has 2 atom stereocenters. The van der Waals surface area contributed by atoms with E-state index in [2.05, 4.69) is 10.6 Å². The molecule has 0 radical (unpaired) electrons. The smallest absolute Gasteiger partial charge is 0.408 e. The Bertz CT molecular complexity index is 827. The Hall–Kier alpha value is -3.06. The number of halogens is 1. The fourth-order valence-corrected chi connectivity index (χ4v) is 2.62. The summed E-state index contributed by atoms with van der Waals surface area (Å²) in [6, 6.07) is 14.3. The van der Waals surface area contributed by atoms with Crippen LogP contribution in [0.1, 0.15) is 18.1 Å². The van der Waals surface area contributed by atoms with Gasteiger partial charge in [-0.2, -0.15) is 0 Å². The van der Waals surface area contributed by atoms with Gasteiger partial charge in [-0.1, -0.05) is 54.1 Å². The van der Waals surface area contributed by atoms with Crippen molar-refractivity contribution < 1.29 is 23.9 Å². The number of rotatable bonds is 8. The maximum atomic E-state index is 12.4. The van der Waals surface area contributed by atoms with Crippen molar-refractivity contribution in [2.24, 2.45) is 0 Å². The van der Waals surface area contributed by atoms with Crippen molar-refractivity contribution >= 4 is 29.6 Å². The van der Waals surface area contributed by atoms with Gasteiger partial charge in [-0.05, 0) is 30.2 Å². The highest BCUT2D eigenvalue weighted by atomic mass is 35.5. The monoisotopic (exact) mass is 418 g/mol. The molecule has 2 N–H and O–H groups in total. The lowest BCUT2D eigenvalue weighted by molar-refractivity contribution is -0.145. The summed E-state index contributed by atoms with van der Waals surface area (Å²) in [4.78, 5) is 36.4. The average Bonchev–Trinajstić information content (AvgIpc) is 2.73. The first-order valence-electron chi connectivity index (χ1n) is 8.99. The van der Waals surface area contributed by atoms with Crippen molar-refractivity contribution in [2.75, 3.05) is 7.11 Å². The molecule has 0 fully saturated rings. The molecule has 29 heavy (non-hydrogen) atoms. The van der Waals surface area contributed by atoms with Crippen molar-refractivity contribution in [1.82, 2.24) is 10.6 Å². The van der Waals surface area contributed by atoms with E-state index in [-0.39, 0.29) is 13.0 Å². The van der Waals surface area contributed by atoms with Crippen molar-refractivity contribution in [3.05, 3.63) is 70.7 Å². The first-order valence-corrected chi connectivity index (χ1v) is 9.36. The number of benzene rings is 2. The molecular formula is C21H23ClN2O5. The van der Waals surface area contributed by atoms with Gasteiger partial charge < -0.3 is 20.1 Å². The third-order valence-corrected chi connectivity index (χ3v) is 4.35. The number of alkyl carbamates (subject to hydrolysis) is 1. The number of nitrogens with one attached hydrogen (secondary N) is 2. The van der Waals surface area contributed by atoms with E-state index in [0.717, 1.165) is 11.1 Å². The highest BCUT2D eigenvalue weighted by molar-refractivity contribution is 6.30. The van der Waals surface area contributed by atoms with E-state index in [1.54, 1.807) is 24.3 Å². The molecule has 0 aliphatic rings. The zero-order valence-electron chi connectivity index (χ0n) is 16.2. The topological polar surface area (TPSA) is 93.7 Å². The average molecular weight is 419 g/mol. The zero-order chi connectivity index (χ0) is 21.2. The number of carbonyl (C=O) groups excluding carboxylic acids is 3. The summed E-state index contributed by atoms with van der Waals surface area (Å²) in [5, 5.41) is 5.60. The maximum Gasteiger partial charge on any atom is 0.408 e. The fourth-order valence-electron chi connectivity index (χ4n) is 2.50. The van der Waals surface area contributed by atoms with Crippen molar-refractivity contribution in [2.45, 2.75) is 32.0 Å². The SMILES string of the molecule is COC(=O)C(Cc1ccc(Cl)cc1)NC(=O)C(C)NC(=O)OCc1ccccc1. The number of hydrogen-bond acceptors (Lipinski definition) is 5. The largest absolute Gasteiger partial charge is 0.467 e. The first-order chi connectivity index (χ1) is 13.9. The molecule has 0 aliphatic carbocycles. The Balaban J connectivity index is 1.88. The fraction of sp³-hybridized carbons (Fsp3) is 0.286. The van der Waals surface area contributed by atoms with Crippen LogP contribution >= 0.6 is 11.6 Å². The van der Waals surface area contributed by atoms with E-state index < -0.39 is 30.1 Å². The minimum absolute atomic E-state index is 0.0857. The molecule has 0 saturated heterocycles. The lowest BCUT2D eigenvalue weighted by Gasteiger charge is -2.20. The van der Waals surface area contributed by atoms with Crippen LogP contribution in [0.2, 0.25) is 5.02 Å². The van der Waals surface area contributed by atoms with Gasteiger partial charge in [0.05, 0.1) is 7.11 Å². The Morgan fingerprint density at radius 3 is 2.24 bits per heavy atom. The van der Waals surface area contributed by atoms with Crippen LogP contribution in [0.4, 0.5) is 4.79 Å². The highest BCUT2D eigenvalue weighted by Gasteiger charge is 2.25. The van der Waals surface area contributed by atoms with Crippen molar-refractivity contribution in [3.63, 3.8) is 0 Å². The minimum atomic E-state index is -0.907. The van der Waals surface area contributed by atoms with Crippen molar-refractivity contribution in [3.8, 4) is 0 Å². The van der Waals surface area contributed by atoms with Gasteiger partial charge in [-0.15, -0.1) is 0 Å². The molecule has 2 amide bonds. The number of amides is 2. The highest BCUT2D eigenvalue weighted by Crippen LogP contribution is 2.12. The molecule has 0 spiro atoms. The molecule has 2 aromatic rings. The molecule has 8 heteroatoms. The molecule has 0 aliphatic heterocycles. The van der Waals surface area contributed by atoms with Crippen LogP contribution in [0.25, 0.3) is 0 Å². The first kappa shape index (κ1) is 22.2. The summed E-state index contributed by atoms with van der Waals surface area (Å²) in [5.74, 6) is -1.13. The van der Waals surface area contributed by atoms with Gasteiger partial charge in [-0.3, -0.25) is 4.79 Å². The standard InChI is InChI=1S/C21H23ClN2O5/c1-14(23-21(27)29-13-16-6-4-3-5-7-16)19(25)24-18(20(26)28-2)12-15-8-10-17(22)11-9-15/h3-11,14,18H,12-13H2,1-2H3,(H,23,27)(H,24,25). The molecule has 7 nitrogen and oxygen atoms in total. The second kappa shape index (κ2) is 11.1. The molecule has 0 heterocycles. The minimum Gasteiger partial charge on any atom is -0.467 e.